The van der Waals surface area contributed by atoms with E-state index in [9.17, 15) is 18.3 Å². The number of alkyl halides is 3. The van der Waals surface area contributed by atoms with E-state index in [0.717, 1.165) is 19.4 Å². The number of rotatable bonds is 6. The fourth-order valence-corrected chi connectivity index (χ4v) is 3.88. The summed E-state index contributed by atoms with van der Waals surface area (Å²) in [6.07, 6.45) is -1.01. The van der Waals surface area contributed by atoms with Gasteiger partial charge in [0.2, 0.25) is 5.60 Å². The van der Waals surface area contributed by atoms with Crippen LogP contribution in [-0.4, -0.2) is 83.3 Å². The van der Waals surface area contributed by atoms with E-state index in [1.54, 1.807) is 0 Å². The molecular weight excluding hydrogens is 530 g/mol. The van der Waals surface area contributed by atoms with Crippen molar-refractivity contribution in [3.63, 3.8) is 0 Å². The molecule has 2 saturated heterocycles. The van der Waals surface area contributed by atoms with Gasteiger partial charge in [-0.25, -0.2) is 4.98 Å². The number of aliphatic imine (C=N–C) groups is 1. The summed E-state index contributed by atoms with van der Waals surface area (Å²) in [5, 5.41) is 13.6. The number of hydrogen-bond donors (Lipinski definition) is 2. The second-order valence-electron chi connectivity index (χ2n) is 7.61. The fraction of sp³-hybridized carbons (Fsp3) is 0.789. The second-order valence-corrected chi connectivity index (χ2v) is 7.61. The first kappa shape index (κ1) is 26.1. The van der Waals surface area contributed by atoms with Crippen LogP contribution in [0.1, 0.15) is 32.0 Å². The molecule has 0 spiro atoms. The van der Waals surface area contributed by atoms with Gasteiger partial charge in [-0.15, -0.1) is 24.0 Å². The zero-order valence-electron chi connectivity index (χ0n) is 17.8. The molecular formula is C19H31F3IN5O3. The molecule has 1 aromatic heterocycles. The Morgan fingerprint density at radius 2 is 2.06 bits per heavy atom. The number of aliphatic hydroxyl groups is 1. The summed E-state index contributed by atoms with van der Waals surface area (Å²) in [5.41, 5.74) is -3.07. The number of nitrogens with zero attached hydrogens (tertiary/aromatic N) is 4. The van der Waals surface area contributed by atoms with Crippen LogP contribution in [0.5, 0.6) is 0 Å². The van der Waals surface area contributed by atoms with Gasteiger partial charge in [0.1, 0.15) is 11.9 Å². The fourth-order valence-electron chi connectivity index (χ4n) is 3.88. The van der Waals surface area contributed by atoms with E-state index >= 15 is 0 Å². The number of morpholine rings is 1. The first-order chi connectivity index (χ1) is 14.3. The minimum Gasteiger partial charge on any atom is -0.375 e. The predicted molar refractivity (Wildman–Crippen MR) is 119 cm³/mol. The van der Waals surface area contributed by atoms with E-state index in [1.807, 2.05) is 11.8 Å². The predicted octanol–water partition coefficient (Wildman–Crippen LogP) is 2.02. The van der Waals surface area contributed by atoms with Gasteiger partial charge in [0.05, 0.1) is 12.7 Å². The smallest absolute Gasteiger partial charge is 0.375 e. The van der Waals surface area contributed by atoms with Crippen molar-refractivity contribution in [2.45, 2.75) is 50.2 Å². The maximum Gasteiger partial charge on any atom is 0.424 e. The highest BCUT2D eigenvalue weighted by atomic mass is 127. The third-order valence-electron chi connectivity index (χ3n) is 5.50. The molecule has 3 unspecified atom stereocenters. The van der Waals surface area contributed by atoms with Gasteiger partial charge in [-0.2, -0.15) is 13.2 Å². The number of ether oxygens (including phenoxy) is 2. The second kappa shape index (κ2) is 11.1. The number of nitrogens with one attached hydrogen (secondary N) is 1. The Bertz CT molecular complexity index is 727. The van der Waals surface area contributed by atoms with Crippen LogP contribution in [0.25, 0.3) is 0 Å². The summed E-state index contributed by atoms with van der Waals surface area (Å²) in [6, 6.07) is 0. The van der Waals surface area contributed by atoms with Crippen molar-refractivity contribution >= 4 is 29.9 Å². The first-order valence-electron chi connectivity index (χ1n) is 10.3. The monoisotopic (exact) mass is 561 g/mol. The average Bonchev–Trinajstić information content (AvgIpc) is 3.38. The van der Waals surface area contributed by atoms with Gasteiger partial charge in [0, 0.05) is 58.6 Å². The summed E-state index contributed by atoms with van der Waals surface area (Å²) in [7, 11) is 1.42. The molecule has 0 bridgehead atoms. The van der Waals surface area contributed by atoms with Crippen molar-refractivity contribution in [2.24, 2.45) is 12.0 Å². The number of hydrogen-bond acceptors (Lipinski definition) is 5. The van der Waals surface area contributed by atoms with Crippen molar-refractivity contribution in [1.82, 2.24) is 19.8 Å². The molecule has 0 saturated carbocycles. The summed E-state index contributed by atoms with van der Waals surface area (Å²) in [4.78, 5) is 10.1. The van der Waals surface area contributed by atoms with Crippen LogP contribution in [0.4, 0.5) is 13.2 Å². The maximum absolute atomic E-state index is 13.7. The maximum atomic E-state index is 13.7. The topological polar surface area (TPSA) is 84.1 Å². The zero-order valence-corrected chi connectivity index (χ0v) is 20.1. The number of imidazole rings is 1. The normalized spacial score (nSPS) is 24.6. The number of aromatic nitrogens is 2. The van der Waals surface area contributed by atoms with Gasteiger partial charge in [-0.3, -0.25) is 4.99 Å². The summed E-state index contributed by atoms with van der Waals surface area (Å²) >= 11 is 0. The lowest BCUT2D eigenvalue weighted by Crippen LogP contribution is -2.53. The number of halogens is 4. The van der Waals surface area contributed by atoms with Gasteiger partial charge >= 0.3 is 6.18 Å². The molecule has 2 aliphatic rings. The third-order valence-corrected chi connectivity index (χ3v) is 5.50. The van der Waals surface area contributed by atoms with Gasteiger partial charge in [0.15, 0.2) is 5.96 Å². The largest absolute Gasteiger partial charge is 0.424 e. The SMILES string of the molecule is CCNC(=NCCC(O)(c1nccn1C)C(F)(F)F)N1CCOC(C2CCCO2)C1.I. The van der Waals surface area contributed by atoms with Crippen LogP contribution < -0.4 is 5.32 Å². The van der Waals surface area contributed by atoms with Crippen LogP contribution in [0.2, 0.25) is 0 Å². The molecule has 3 heterocycles. The zero-order chi connectivity index (χ0) is 21.8. The van der Waals surface area contributed by atoms with Gasteiger partial charge in [-0.1, -0.05) is 0 Å². The van der Waals surface area contributed by atoms with Crippen molar-refractivity contribution in [3.8, 4) is 0 Å². The molecule has 2 N–H and O–H groups in total. The van der Waals surface area contributed by atoms with E-state index in [-0.39, 0.29) is 42.7 Å². The Morgan fingerprint density at radius 3 is 2.65 bits per heavy atom. The van der Waals surface area contributed by atoms with E-state index in [4.69, 9.17) is 9.47 Å². The van der Waals surface area contributed by atoms with Crippen LogP contribution in [-0.2, 0) is 22.1 Å². The molecule has 12 heteroatoms. The van der Waals surface area contributed by atoms with E-state index in [2.05, 4.69) is 15.3 Å². The van der Waals surface area contributed by atoms with Gasteiger partial charge in [0.25, 0.3) is 0 Å². The van der Waals surface area contributed by atoms with Gasteiger partial charge < -0.3 is 29.4 Å². The van der Waals surface area contributed by atoms with Crippen molar-refractivity contribution in [2.75, 3.05) is 39.4 Å². The standard InChI is InChI=1S/C19H30F3N5O3.HI/c1-3-23-17(27-10-12-30-15(13-27)14-5-4-11-29-14)25-7-6-18(28,19(20,21)22)16-24-8-9-26(16)2;/h8-9,14-15,28H,3-7,10-13H2,1-2H3,(H,23,25);1H. The molecule has 2 aliphatic heterocycles. The Morgan fingerprint density at radius 1 is 1.32 bits per heavy atom. The highest BCUT2D eigenvalue weighted by molar-refractivity contribution is 14.0. The highest BCUT2D eigenvalue weighted by Gasteiger charge is 2.57. The Hall–Kier alpha value is -1.12. The highest BCUT2D eigenvalue weighted by Crippen LogP contribution is 2.40. The van der Waals surface area contributed by atoms with E-state index in [1.165, 1.54) is 24.0 Å². The lowest BCUT2D eigenvalue weighted by Gasteiger charge is -2.37. The number of guanidine groups is 1. The van der Waals surface area contributed by atoms with Crippen LogP contribution in [0.15, 0.2) is 17.4 Å². The first-order valence-corrected chi connectivity index (χ1v) is 10.3. The van der Waals surface area contributed by atoms with E-state index < -0.39 is 24.0 Å². The van der Waals surface area contributed by atoms with Gasteiger partial charge in [-0.05, 0) is 19.8 Å². The Labute approximate surface area is 197 Å². The van der Waals surface area contributed by atoms with Crippen molar-refractivity contribution in [3.05, 3.63) is 18.2 Å². The lowest BCUT2D eigenvalue weighted by molar-refractivity contribution is -0.272. The Kier molecular flexibility index (Phi) is 9.40. The summed E-state index contributed by atoms with van der Waals surface area (Å²) < 4.78 is 53.8. The molecule has 178 valence electrons. The molecule has 0 aromatic carbocycles. The third kappa shape index (κ3) is 6.02. The van der Waals surface area contributed by atoms with Crippen molar-refractivity contribution < 1.29 is 27.8 Å². The summed E-state index contributed by atoms with van der Waals surface area (Å²) in [5.74, 6) is 0.0631. The van der Waals surface area contributed by atoms with Crippen LogP contribution >= 0.6 is 24.0 Å². The molecule has 0 aliphatic carbocycles. The number of aryl methyl sites for hydroxylation is 1. The minimum atomic E-state index is -4.87. The Balaban J connectivity index is 0.00000341. The molecule has 2 fully saturated rings. The molecule has 31 heavy (non-hydrogen) atoms. The molecule has 8 nitrogen and oxygen atoms in total. The molecule has 3 atom stereocenters. The van der Waals surface area contributed by atoms with Crippen molar-refractivity contribution in [1.29, 1.82) is 0 Å². The molecule has 0 radical (unpaired) electrons. The molecule has 3 rings (SSSR count). The lowest BCUT2D eigenvalue weighted by atomic mass is 9.98. The van der Waals surface area contributed by atoms with Crippen LogP contribution in [0.3, 0.4) is 0 Å². The molecule has 0 amide bonds. The quantitative estimate of drug-likeness (QED) is 0.314. The van der Waals surface area contributed by atoms with E-state index in [0.29, 0.717) is 32.2 Å². The summed E-state index contributed by atoms with van der Waals surface area (Å²) in [6.45, 7) is 4.61. The van der Waals surface area contributed by atoms with Crippen LogP contribution in [0, 0.1) is 0 Å². The minimum absolute atomic E-state index is 0. The average molecular weight is 561 g/mol. The molecule has 1 aromatic rings.